The maximum atomic E-state index is 13.7. The Labute approximate surface area is 168 Å². The molecule has 154 valence electrons. The van der Waals surface area contributed by atoms with Crippen LogP contribution in [0.3, 0.4) is 0 Å². The molecule has 1 unspecified atom stereocenters. The van der Waals surface area contributed by atoms with Crippen LogP contribution >= 0.6 is 0 Å². The Bertz CT molecular complexity index is 920. The molecule has 0 aliphatic carbocycles. The highest BCUT2D eigenvalue weighted by molar-refractivity contribution is 6.00. The fourth-order valence-electron chi connectivity index (χ4n) is 3.88. The number of nitrogens with zero attached hydrogens (tertiary/aromatic N) is 2. The molecule has 0 bridgehead atoms. The van der Waals surface area contributed by atoms with Crippen molar-refractivity contribution in [2.45, 2.75) is 51.7 Å². The number of amides is 2. The Morgan fingerprint density at radius 3 is 2.38 bits per heavy atom. The molecule has 0 fully saturated rings. The molecule has 2 aromatic rings. The second-order valence-corrected chi connectivity index (χ2v) is 8.21. The zero-order chi connectivity index (χ0) is 21.3. The third kappa shape index (κ3) is 4.39. The van der Waals surface area contributed by atoms with Gasteiger partial charge in [-0.05, 0) is 62.9 Å². The average Bonchev–Trinajstić information content (AvgIpc) is 2.72. The summed E-state index contributed by atoms with van der Waals surface area (Å²) in [5.74, 6) is -1.86. The number of hydrogen-bond donors (Lipinski definition) is 1. The highest BCUT2D eigenvalue weighted by Crippen LogP contribution is 2.32. The van der Waals surface area contributed by atoms with Gasteiger partial charge in [0.2, 0.25) is 5.91 Å². The van der Waals surface area contributed by atoms with Crippen molar-refractivity contribution in [3.8, 4) is 0 Å². The van der Waals surface area contributed by atoms with Gasteiger partial charge in [0.05, 0.1) is 6.54 Å². The molecule has 0 spiro atoms. The highest BCUT2D eigenvalue weighted by Gasteiger charge is 2.41. The predicted molar refractivity (Wildman–Crippen MR) is 106 cm³/mol. The smallest absolute Gasteiger partial charge is 0.408 e. The predicted octanol–water partition coefficient (Wildman–Crippen LogP) is 4.59. The molecular weight excluding hydrogens is 378 g/mol. The van der Waals surface area contributed by atoms with Crippen molar-refractivity contribution in [3.05, 3.63) is 65.2 Å². The first-order valence-electron chi connectivity index (χ1n) is 9.44. The minimum atomic E-state index is -1.18. The van der Waals surface area contributed by atoms with Gasteiger partial charge in [0.1, 0.15) is 17.7 Å². The third-order valence-electron chi connectivity index (χ3n) is 5.02. The fraction of sp³-hybridized carbons (Fsp3) is 0.364. The minimum Gasteiger partial charge on any atom is -0.465 e. The number of hydrogen-bond acceptors (Lipinski definition) is 2. The van der Waals surface area contributed by atoms with E-state index in [9.17, 15) is 23.5 Å². The number of halogens is 2. The van der Waals surface area contributed by atoms with Crippen LogP contribution in [0, 0.1) is 11.6 Å². The highest BCUT2D eigenvalue weighted by atomic mass is 19.1. The Morgan fingerprint density at radius 1 is 1.17 bits per heavy atom. The number of carbonyl (C=O) groups excluding carboxylic acids is 1. The van der Waals surface area contributed by atoms with Gasteiger partial charge in [0, 0.05) is 17.3 Å². The van der Waals surface area contributed by atoms with E-state index in [0.29, 0.717) is 24.1 Å². The first-order chi connectivity index (χ1) is 13.6. The van der Waals surface area contributed by atoms with E-state index in [2.05, 4.69) is 0 Å². The van der Waals surface area contributed by atoms with Crippen LogP contribution in [0.15, 0.2) is 42.5 Å². The van der Waals surface area contributed by atoms with E-state index in [1.165, 1.54) is 21.9 Å². The first kappa shape index (κ1) is 20.8. The van der Waals surface area contributed by atoms with Crippen molar-refractivity contribution in [1.29, 1.82) is 0 Å². The lowest BCUT2D eigenvalue weighted by molar-refractivity contribution is -0.125. The van der Waals surface area contributed by atoms with Crippen LogP contribution < -0.4 is 4.90 Å². The summed E-state index contributed by atoms with van der Waals surface area (Å²) in [7, 11) is 0. The fourth-order valence-corrected chi connectivity index (χ4v) is 3.88. The molecule has 2 aromatic carbocycles. The lowest BCUT2D eigenvalue weighted by atomic mass is 9.99. The molecule has 1 aliphatic rings. The minimum absolute atomic E-state index is 0.0569. The van der Waals surface area contributed by atoms with E-state index >= 15 is 0 Å². The summed E-state index contributed by atoms with van der Waals surface area (Å²) < 4.78 is 27.4. The molecular formula is C22H24F2N2O3. The molecule has 1 atom stereocenters. The van der Waals surface area contributed by atoms with Crippen LogP contribution in [-0.4, -0.2) is 33.6 Å². The van der Waals surface area contributed by atoms with Gasteiger partial charge in [-0.1, -0.05) is 18.2 Å². The number of rotatable bonds is 3. The Kier molecular flexibility index (Phi) is 5.59. The summed E-state index contributed by atoms with van der Waals surface area (Å²) in [6.07, 6.45) is -0.341. The number of fused-ring (bicyclic) bond motifs is 1. The lowest BCUT2D eigenvalue weighted by Crippen LogP contribution is -2.57. The van der Waals surface area contributed by atoms with Gasteiger partial charge in [0.25, 0.3) is 0 Å². The number of benzene rings is 2. The van der Waals surface area contributed by atoms with Crippen LogP contribution in [-0.2, 0) is 17.8 Å². The van der Waals surface area contributed by atoms with E-state index in [-0.39, 0.29) is 6.54 Å². The lowest BCUT2D eigenvalue weighted by Gasteiger charge is -2.39. The zero-order valence-corrected chi connectivity index (χ0v) is 16.7. The second kappa shape index (κ2) is 7.81. The third-order valence-corrected chi connectivity index (χ3v) is 5.02. The van der Waals surface area contributed by atoms with E-state index < -0.39 is 35.2 Å². The monoisotopic (exact) mass is 402 g/mol. The van der Waals surface area contributed by atoms with Crippen LogP contribution in [0.1, 0.15) is 38.3 Å². The van der Waals surface area contributed by atoms with Gasteiger partial charge >= 0.3 is 6.09 Å². The molecule has 0 radical (unpaired) electrons. The van der Waals surface area contributed by atoms with Crippen molar-refractivity contribution in [2.24, 2.45) is 0 Å². The summed E-state index contributed by atoms with van der Waals surface area (Å²) in [4.78, 5) is 28.1. The summed E-state index contributed by atoms with van der Waals surface area (Å²) in [6, 6.07) is 9.51. The molecule has 1 aliphatic heterocycles. The SMILES string of the molecule is CC(C)(C)N(C(=O)O)C1CCc2ccccc2N(Cc2cc(F)cc(F)c2)C1=O. The molecule has 1 heterocycles. The van der Waals surface area contributed by atoms with E-state index in [1.54, 1.807) is 32.9 Å². The van der Waals surface area contributed by atoms with Crippen molar-refractivity contribution < 1.29 is 23.5 Å². The van der Waals surface area contributed by atoms with Gasteiger partial charge in [-0.2, -0.15) is 0 Å². The van der Waals surface area contributed by atoms with E-state index in [0.717, 1.165) is 11.6 Å². The Balaban J connectivity index is 2.06. The number of para-hydroxylation sites is 1. The zero-order valence-electron chi connectivity index (χ0n) is 16.7. The van der Waals surface area contributed by atoms with E-state index in [4.69, 9.17) is 0 Å². The standard InChI is InChI=1S/C22H24F2N2O3/c1-22(2,3)26(21(28)29)19-9-8-15-6-4-5-7-18(15)25(20(19)27)13-14-10-16(23)12-17(24)11-14/h4-7,10-12,19H,8-9,13H2,1-3H3,(H,28,29). The van der Waals surface area contributed by atoms with Gasteiger partial charge < -0.3 is 10.0 Å². The maximum absolute atomic E-state index is 13.7. The molecule has 0 saturated heterocycles. The Hall–Kier alpha value is -2.96. The summed E-state index contributed by atoms with van der Waals surface area (Å²) in [5.41, 5.74) is 1.02. The largest absolute Gasteiger partial charge is 0.465 e. The number of aryl methyl sites for hydroxylation is 1. The molecule has 29 heavy (non-hydrogen) atoms. The molecule has 5 nitrogen and oxygen atoms in total. The van der Waals surface area contributed by atoms with Gasteiger partial charge in [-0.25, -0.2) is 13.6 Å². The van der Waals surface area contributed by atoms with E-state index in [1.807, 2.05) is 12.1 Å². The molecule has 0 aromatic heterocycles. The average molecular weight is 402 g/mol. The second-order valence-electron chi connectivity index (χ2n) is 8.21. The molecule has 3 rings (SSSR count). The molecule has 0 saturated carbocycles. The number of anilines is 1. The number of carbonyl (C=O) groups is 2. The number of carboxylic acid groups (broad SMARTS) is 1. The topological polar surface area (TPSA) is 60.9 Å². The van der Waals surface area contributed by atoms with Crippen LogP contribution in [0.4, 0.5) is 19.3 Å². The molecule has 7 heteroatoms. The first-order valence-corrected chi connectivity index (χ1v) is 9.44. The maximum Gasteiger partial charge on any atom is 0.408 e. The van der Waals surface area contributed by atoms with Crippen molar-refractivity contribution in [3.63, 3.8) is 0 Å². The van der Waals surface area contributed by atoms with Crippen molar-refractivity contribution >= 4 is 17.7 Å². The van der Waals surface area contributed by atoms with Crippen LogP contribution in [0.5, 0.6) is 0 Å². The molecule has 2 amide bonds. The Morgan fingerprint density at radius 2 is 1.79 bits per heavy atom. The normalized spacial score (nSPS) is 16.9. The van der Waals surface area contributed by atoms with Crippen molar-refractivity contribution in [1.82, 2.24) is 4.90 Å². The summed E-state index contributed by atoms with van der Waals surface area (Å²) >= 11 is 0. The van der Waals surface area contributed by atoms with Gasteiger partial charge in [-0.3, -0.25) is 9.69 Å². The quantitative estimate of drug-likeness (QED) is 0.817. The summed E-state index contributed by atoms with van der Waals surface area (Å²) in [6.45, 7) is 5.15. The van der Waals surface area contributed by atoms with Crippen molar-refractivity contribution in [2.75, 3.05) is 4.90 Å². The summed E-state index contributed by atoms with van der Waals surface area (Å²) in [5, 5.41) is 9.79. The van der Waals surface area contributed by atoms with Gasteiger partial charge in [0.15, 0.2) is 0 Å². The van der Waals surface area contributed by atoms with Crippen LogP contribution in [0.25, 0.3) is 0 Å². The van der Waals surface area contributed by atoms with Crippen LogP contribution in [0.2, 0.25) is 0 Å². The molecule has 1 N–H and O–H groups in total. The van der Waals surface area contributed by atoms with Gasteiger partial charge in [-0.15, -0.1) is 0 Å².